The molecule has 0 saturated carbocycles. The summed E-state index contributed by atoms with van der Waals surface area (Å²) < 4.78 is 7.51. The lowest BCUT2D eigenvalue weighted by Crippen LogP contribution is -2.24. The maximum atomic E-state index is 12.0. The number of carbonyl (C=O) groups excluding carboxylic acids is 1. The van der Waals surface area contributed by atoms with Crippen LogP contribution < -0.4 is 10.2 Å². The molecule has 0 aliphatic heterocycles. The second-order valence-corrected chi connectivity index (χ2v) is 7.37. The van der Waals surface area contributed by atoms with Crippen LogP contribution in [0.2, 0.25) is 10.0 Å². The minimum Gasteiger partial charge on any atom is -0.482 e. The summed E-state index contributed by atoms with van der Waals surface area (Å²) in [7, 11) is 0. The number of hydrogen-bond acceptors (Lipinski definition) is 3. The quantitative estimate of drug-likeness (QED) is 0.430. The average molecular weight is 430 g/mol. The summed E-state index contributed by atoms with van der Waals surface area (Å²) in [5, 5.41) is 5.22. The summed E-state index contributed by atoms with van der Waals surface area (Å²) in [6, 6.07) is 14.8. The molecule has 0 unspecified atom stereocenters. The van der Waals surface area contributed by atoms with E-state index in [4.69, 9.17) is 27.9 Å². The standard InChI is InChI=1S/C22H21Cl2N3O2/c1-14-11-17(16(3)27(14)20-9-6-8-18(23)15(20)2)12-25-26-22(28)13-29-21-10-5-4-7-19(21)24/h4-12H,13H2,1-3H3,(H,26,28)/b25-12-. The number of amides is 1. The van der Waals surface area contributed by atoms with Crippen LogP contribution in [0.4, 0.5) is 0 Å². The van der Waals surface area contributed by atoms with Crippen LogP contribution in [0.15, 0.2) is 53.6 Å². The van der Waals surface area contributed by atoms with Gasteiger partial charge in [-0.25, -0.2) is 5.43 Å². The van der Waals surface area contributed by atoms with Gasteiger partial charge in [-0.1, -0.05) is 41.4 Å². The molecule has 0 bridgehead atoms. The van der Waals surface area contributed by atoms with E-state index in [0.29, 0.717) is 10.8 Å². The molecular formula is C22H21Cl2N3O2. The Morgan fingerprint density at radius 3 is 2.59 bits per heavy atom. The Labute approximate surface area is 179 Å². The van der Waals surface area contributed by atoms with E-state index in [1.54, 1.807) is 30.5 Å². The van der Waals surface area contributed by atoms with Crippen molar-refractivity contribution in [3.8, 4) is 11.4 Å². The maximum absolute atomic E-state index is 12.0. The zero-order valence-corrected chi connectivity index (χ0v) is 17.9. The number of para-hydroxylation sites is 1. The molecule has 1 heterocycles. The van der Waals surface area contributed by atoms with Gasteiger partial charge in [-0.3, -0.25) is 4.79 Å². The van der Waals surface area contributed by atoms with Crippen LogP contribution in [0.3, 0.4) is 0 Å². The Bertz CT molecular complexity index is 1070. The van der Waals surface area contributed by atoms with Gasteiger partial charge < -0.3 is 9.30 Å². The Morgan fingerprint density at radius 1 is 1.10 bits per heavy atom. The number of nitrogens with one attached hydrogen (secondary N) is 1. The molecule has 1 N–H and O–H groups in total. The third-order valence-electron chi connectivity index (χ3n) is 4.54. The van der Waals surface area contributed by atoms with Gasteiger partial charge in [0.1, 0.15) is 5.75 Å². The number of nitrogens with zero attached hydrogens (tertiary/aromatic N) is 2. The third-order valence-corrected chi connectivity index (χ3v) is 5.26. The Kier molecular flexibility index (Phi) is 6.62. The van der Waals surface area contributed by atoms with Crippen LogP contribution >= 0.6 is 23.2 Å². The van der Waals surface area contributed by atoms with Crippen LogP contribution in [0.5, 0.6) is 5.75 Å². The zero-order chi connectivity index (χ0) is 21.0. The first kappa shape index (κ1) is 21.0. The molecule has 3 aromatic rings. The number of aryl methyl sites for hydroxylation is 1. The van der Waals surface area contributed by atoms with Gasteiger partial charge >= 0.3 is 0 Å². The third kappa shape index (κ3) is 4.81. The van der Waals surface area contributed by atoms with Crippen molar-refractivity contribution in [3.05, 3.63) is 81.1 Å². The van der Waals surface area contributed by atoms with Gasteiger partial charge in [-0.05, 0) is 56.7 Å². The topological polar surface area (TPSA) is 55.6 Å². The molecule has 0 atom stereocenters. The van der Waals surface area contributed by atoms with Gasteiger partial charge in [-0.15, -0.1) is 0 Å². The molecule has 150 valence electrons. The van der Waals surface area contributed by atoms with Crippen molar-refractivity contribution < 1.29 is 9.53 Å². The molecule has 0 radical (unpaired) electrons. The first-order chi connectivity index (χ1) is 13.9. The smallest absolute Gasteiger partial charge is 0.277 e. The van der Waals surface area contributed by atoms with E-state index in [1.165, 1.54) is 0 Å². The van der Waals surface area contributed by atoms with E-state index in [9.17, 15) is 4.79 Å². The molecule has 0 aliphatic rings. The summed E-state index contributed by atoms with van der Waals surface area (Å²) in [5.41, 5.74) is 7.43. The van der Waals surface area contributed by atoms with Crippen molar-refractivity contribution in [3.63, 3.8) is 0 Å². The predicted octanol–water partition coefficient (Wildman–Crippen LogP) is 5.24. The summed E-state index contributed by atoms with van der Waals surface area (Å²) in [5.74, 6) is 0.0781. The molecule has 1 aromatic heterocycles. The van der Waals surface area contributed by atoms with Gasteiger partial charge in [0.2, 0.25) is 0 Å². The van der Waals surface area contributed by atoms with Crippen LogP contribution in [-0.2, 0) is 4.79 Å². The maximum Gasteiger partial charge on any atom is 0.277 e. The normalized spacial score (nSPS) is 11.1. The van der Waals surface area contributed by atoms with Crippen LogP contribution in [0, 0.1) is 20.8 Å². The second kappa shape index (κ2) is 9.16. The molecule has 2 aromatic carbocycles. The highest BCUT2D eigenvalue weighted by Crippen LogP contribution is 2.26. The number of aromatic nitrogens is 1. The second-order valence-electron chi connectivity index (χ2n) is 6.56. The van der Waals surface area contributed by atoms with Crippen molar-refractivity contribution in [2.75, 3.05) is 6.61 Å². The molecule has 0 spiro atoms. The van der Waals surface area contributed by atoms with E-state index in [1.807, 2.05) is 45.0 Å². The molecule has 0 aliphatic carbocycles. The molecule has 0 saturated heterocycles. The fourth-order valence-corrected chi connectivity index (χ4v) is 3.40. The summed E-state index contributed by atoms with van der Waals surface area (Å²) >= 11 is 12.3. The molecular weight excluding hydrogens is 409 g/mol. The largest absolute Gasteiger partial charge is 0.482 e. The van der Waals surface area contributed by atoms with Gasteiger partial charge in [0.25, 0.3) is 5.91 Å². The summed E-state index contributed by atoms with van der Waals surface area (Å²) in [6.07, 6.45) is 1.62. The first-order valence-corrected chi connectivity index (χ1v) is 9.77. The Hall–Kier alpha value is -2.76. The molecule has 7 heteroatoms. The molecule has 29 heavy (non-hydrogen) atoms. The molecule has 5 nitrogen and oxygen atoms in total. The lowest BCUT2D eigenvalue weighted by molar-refractivity contribution is -0.123. The average Bonchev–Trinajstić information content (AvgIpc) is 2.97. The van der Waals surface area contributed by atoms with Crippen molar-refractivity contribution in [2.45, 2.75) is 20.8 Å². The van der Waals surface area contributed by atoms with Crippen molar-refractivity contribution in [1.82, 2.24) is 9.99 Å². The molecule has 3 rings (SSSR count). The highest BCUT2D eigenvalue weighted by Gasteiger charge is 2.12. The number of hydrazone groups is 1. The van der Waals surface area contributed by atoms with E-state index in [-0.39, 0.29) is 12.5 Å². The van der Waals surface area contributed by atoms with Crippen molar-refractivity contribution in [1.29, 1.82) is 0 Å². The highest BCUT2D eigenvalue weighted by molar-refractivity contribution is 6.32. The predicted molar refractivity (Wildman–Crippen MR) is 118 cm³/mol. The van der Waals surface area contributed by atoms with E-state index < -0.39 is 0 Å². The number of benzene rings is 2. The van der Waals surface area contributed by atoms with Crippen LogP contribution in [0.1, 0.15) is 22.5 Å². The molecule has 1 amide bonds. The minimum atomic E-state index is -0.374. The number of halogens is 2. The fraction of sp³-hybridized carbons (Fsp3) is 0.182. The SMILES string of the molecule is Cc1c(Cl)cccc1-n1c(C)cc(/C=N\NC(=O)COc2ccccc2Cl)c1C. The van der Waals surface area contributed by atoms with Crippen LogP contribution in [-0.4, -0.2) is 23.3 Å². The molecule has 0 fully saturated rings. The van der Waals surface area contributed by atoms with Gasteiger partial charge in [0.05, 0.1) is 11.2 Å². The first-order valence-electron chi connectivity index (χ1n) is 9.02. The summed E-state index contributed by atoms with van der Waals surface area (Å²) in [6.45, 7) is 5.82. The lowest BCUT2D eigenvalue weighted by Gasteiger charge is -2.13. The van der Waals surface area contributed by atoms with E-state index >= 15 is 0 Å². The van der Waals surface area contributed by atoms with Gasteiger partial charge in [0.15, 0.2) is 6.61 Å². The van der Waals surface area contributed by atoms with Crippen molar-refractivity contribution >= 4 is 35.3 Å². The Morgan fingerprint density at radius 2 is 1.83 bits per heavy atom. The van der Waals surface area contributed by atoms with Gasteiger partial charge in [-0.2, -0.15) is 5.10 Å². The highest BCUT2D eigenvalue weighted by atomic mass is 35.5. The number of carbonyl (C=O) groups is 1. The Balaban J connectivity index is 1.68. The van der Waals surface area contributed by atoms with E-state index in [0.717, 1.165) is 33.2 Å². The van der Waals surface area contributed by atoms with E-state index in [2.05, 4.69) is 15.1 Å². The zero-order valence-electron chi connectivity index (χ0n) is 16.4. The van der Waals surface area contributed by atoms with Crippen LogP contribution in [0.25, 0.3) is 5.69 Å². The van der Waals surface area contributed by atoms with Gasteiger partial charge in [0, 0.05) is 27.7 Å². The number of hydrogen-bond donors (Lipinski definition) is 1. The monoisotopic (exact) mass is 429 g/mol. The number of rotatable bonds is 6. The minimum absolute atomic E-state index is 0.179. The fourth-order valence-electron chi connectivity index (χ4n) is 3.04. The summed E-state index contributed by atoms with van der Waals surface area (Å²) in [4.78, 5) is 12.0. The lowest BCUT2D eigenvalue weighted by atomic mass is 10.2. The van der Waals surface area contributed by atoms with Crippen molar-refractivity contribution in [2.24, 2.45) is 5.10 Å². The number of ether oxygens (including phenoxy) is 1.